The highest BCUT2D eigenvalue weighted by atomic mass is 35.5. The van der Waals surface area contributed by atoms with Gasteiger partial charge in [-0.1, -0.05) is 35.8 Å². The van der Waals surface area contributed by atoms with Gasteiger partial charge in [-0.15, -0.1) is 0 Å². The van der Waals surface area contributed by atoms with Crippen LogP contribution in [0.4, 0.5) is 0 Å². The Kier molecular flexibility index (Phi) is 4.85. The Labute approximate surface area is 152 Å². The molecule has 1 aromatic carbocycles. The van der Waals surface area contributed by atoms with Crippen LogP contribution in [0, 0.1) is 0 Å². The minimum absolute atomic E-state index is 0.485. The van der Waals surface area contributed by atoms with E-state index in [2.05, 4.69) is 16.0 Å². The molecule has 0 bridgehead atoms. The molecule has 0 aliphatic carbocycles. The van der Waals surface area contributed by atoms with Gasteiger partial charge >= 0.3 is 0 Å². The molecule has 1 atom stereocenters. The summed E-state index contributed by atoms with van der Waals surface area (Å²) in [6.07, 6.45) is 7.01. The molecule has 4 nitrogen and oxygen atoms in total. The van der Waals surface area contributed by atoms with Crippen molar-refractivity contribution in [3.05, 3.63) is 69.9 Å². The first-order valence-corrected chi connectivity index (χ1v) is 8.85. The zero-order valence-corrected chi connectivity index (χ0v) is 15.1. The quantitative estimate of drug-likeness (QED) is 0.605. The van der Waals surface area contributed by atoms with Crippen LogP contribution in [0.2, 0.25) is 10.0 Å². The maximum absolute atomic E-state index is 11.8. The largest absolute Gasteiger partial charge is 0.306 e. The molecule has 0 radical (unpaired) electrons. The third-order valence-electron chi connectivity index (χ3n) is 3.37. The minimum Gasteiger partial charge on any atom is -0.306 e. The third kappa shape index (κ3) is 3.43. The fourth-order valence-electron chi connectivity index (χ4n) is 2.21. The first-order valence-electron chi connectivity index (χ1n) is 6.99. The van der Waals surface area contributed by atoms with E-state index in [9.17, 15) is 4.21 Å². The maximum atomic E-state index is 11.8. The summed E-state index contributed by atoms with van der Waals surface area (Å²) >= 11 is 12.3. The van der Waals surface area contributed by atoms with Crippen LogP contribution in [0.5, 0.6) is 0 Å². The summed E-state index contributed by atoms with van der Waals surface area (Å²) in [6.45, 7) is 5.32. The first kappa shape index (κ1) is 16.9. The first-order chi connectivity index (χ1) is 11.5. The fraction of sp³-hybridized carbons (Fsp3) is 0.0588. The maximum Gasteiger partial charge on any atom is 0.167 e. The van der Waals surface area contributed by atoms with Gasteiger partial charge in [-0.2, -0.15) is 4.40 Å². The Bertz CT molecular complexity index is 995. The Morgan fingerprint density at radius 3 is 2.83 bits per heavy atom. The van der Waals surface area contributed by atoms with Gasteiger partial charge in [0.2, 0.25) is 0 Å². The predicted molar refractivity (Wildman–Crippen MR) is 101 cm³/mol. The summed E-state index contributed by atoms with van der Waals surface area (Å²) in [7, 11) is -1.48. The van der Waals surface area contributed by atoms with Crippen LogP contribution in [-0.2, 0) is 11.0 Å². The van der Waals surface area contributed by atoms with Gasteiger partial charge in [0, 0.05) is 56.4 Å². The molecule has 7 heteroatoms. The Morgan fingerprint density at radius 1 is 1.33 bits per heavy atom. The van der Waals surface area contributed by atoms with Gasteiger partial charge in [-0.3, -0.25) is 0 Å². The standard InChI is InChI=1S/C17H13Cl2N3OS/c1-11(2)24(23)21-9-12-7-17-20-5-6-22(17)10-15(12)14-4-3-13(18)8-16(14)19/h3-10H,1H2,2H3. The molecule has 2 aromatic heterocycles. The van der Waals surface area contributed by atoms with Crippen molar-refractivity contribution < 1.29 is 4.21 Å². The minimum atomic E-state index is -1.48. The molecule has 0 spiro atoms. The number of fused-ring (bicyclic) bond motifs is 1. The summed E-state index contributed by atoms with van der Waals surface area (Å²) in [5.74, 6) is 0. The highest BCUT2D eigenvalue weighted by Gasteiger charge is 2.11. The van der Waals surface area contributed by atoms with Gasteiger partial charge < -0.3 is 4.40 Å². The second-order valence-corrected chi connectivity index (χ2v) is 7.39. The van der Waals surface area contributed by atoms with Gasteiger partial charge in [0.25, 0.3) is 0 Å². The molecule has 0 saturated heterocycles. The van der Waals surface area contributed by atoms with Crippen molar-refractivity contribution in [2.24, 2.45) is 4.40 Å². The molecule has 0 saturated carbocycles. The van der Waals surface area contributed by atoms with Gasteiger partial charge in [0.1, 0.15) is 5.65 Å². The lowest BCUT2D eigenvalue weighted by Gasteiger charge is -2.10. The van der Waals surface area contributed by atoms with Gasteiger partial charge in [0.05, 0.1) is 0 Å². The summed E-state index contributed by atoms with van der Waals surface area (Å²) in [5, 5.41) is 1.09. The Hall–Kier alpha value is -1.95. The molecule has 0 aliphatic rings. The SMILES string of the molecule is C=C(C)S(=O)N=Cc1cc2nccn2cc1-c1ccc(Cl)cc1Cl. The number of benzene rings is 1. The molecular weight excluding hydrogens is 365 g/mol. The van der Waals surface area contributed by atoms with E-state index in [1.165, 1.54) is 0 Å². The van der Waals surface area contributed by atoms with E-state index in [4.69, 9.17) is 23.2 Å². The average molecular weight is 378 g/mol. The fourth-order valence-corrected chi connectivity index (χ4v) is 3.11. The van der Waals surface area contributed by atoms with Crippen molar-refractivity contribution in [3.63, 3.8) is 0 Å². The van der Waals surface area contributed by atoms with E-state index in [0.29, 0.717) is 15.0 Å². The van der Waals surface area contributed by atoms with Crippen LogP contribution in [0.1, 0.15) is 12.5 Å². The molecule has 0 aliphatic heterocycles. The summed E-state index contributed by atoms with van der Waals surface area (Å²) in [6, 6.07) is 7.16. The zero-order valence-electron chi connectivity index (χ0n) is 12.7. The summed E-state index contributed by atoms with van der Waals surface area (Å²) in [5.41, 5.74) is 3.16. The van der Waals surface area contributed by atoms with Crippen molar-refractivity contribution in [2.75, 3.05) is 0 Å². The van der Waals surface area contributed by atoms with E-state index in [0.717, 1.165) is 22.3 Å². The van der Waals surface area contributed by atoms with Crippen molar-refractivity contribution in [1.29, 1.82) is 0 Å². The summed E-state index contributed by atoms with van der Waals surface area (Å²) in [4.78, 5) is 4.75. The number of aromatic nitrogens is 2. The van der Waals surface area contributed by atoms with Crippen LogP contribution < -0.4 is 0 Å². The lowest BCUT2D eigenvalue weighted by Crippen LogP contribution is -1.96. The zero-order chi connectivity index (χ0) is 17.3. The number of hydrogen-bond acceptors (Lipinski definition) is 2. The second kappa shape index (κ2) is 6.89. The normalized spacial score (nSPS) is 12.8. The van der Waals surface area contributed by atoms with E-state index in [1.54, 1.807) is 31.5 Å². The van der Waals surface area contributed by atoms with Gasteiger partial charge in [-0.25, -0.2) is 9.19 Å². The number of pyridine rings is 1. The average Bonchev–Trinajstić information content (AvgIpc) is 2.99. The molecule has 0 N–H and O–H groups in total. The molecule has 0 fully saturated rings. The van der Waals surface area contributed by atoms with Crippen molar-refractivity contribution in [2.45, 2.75) is 6.92 Å². The van der Waals surface area contributed by atoms with E-state index in [1.807, 2.05) is 28.9 Å². The lowest BCUT2D eigenvalue weighted by atomic mass is 10.0. The molecule has 3 rings (SSSR count). The smallest absolute Gasteiger partial charge is 0.167 e. The number of halogens is 2. The molecule has 24 heavy (non-hydrogen) atoms. The summed E-state index contributed by atoms with van der Waals surface area (Å²) < 4.78 is 17.8. The highest BCUT2D eigenvalue weighted by Crippen LogP contribution is 2.32. The third-order valence-corrected chi connectivity index (χ3v) is 4.81. The van der Waals surface area contributed by atoms with Crippen LogP contribution in [0.3, 0.4) is 0 Å². The van der Waals surface area contributed by atoms with Crippen molar-refractivity contribution in [1.82, 2.24) is 9.38 Å². The monoisotopic (exact) mass is 377 g/mol. The van der Waals surface area contributed by atoms with Crippen molar-refractivity contribution in [3.8, 4) is 11.1 Å². The number of allylic oxidation sites excluding steroid dienone is 1. The number of hydrogen-bond donors (Lipinski definition) is 0. The van der Waals surface area contributed by atoms with Crippen LogP contribution in [-0.4, -0.2) is 19.8 Å². The number of imidazole rings is 1. The molecule has 1 unspecified atom stereocenters. The van der Waals surface area contributed by atoms with E-state index < -0.39 is 11.0 Å². The Morgan fingerprint density at radius 2 is 2.12 bits per heavy atom. The van der Waals surface area contributed by atoms with Crippen LogP contribution in [0.25, 0.3) is 16.8 Å². The van der Waals surface area contributed by atoms with Crippen molar-refractivity contribution >= 4 is 46.0 Å². The Balaban J connectivity index is 2.19. The van der Waals surface area contributed by atoms with Gasteiger partial charge in [-0.05, 0) is 25.1 Å². The number of nitrogens with zero attached hydrogens (tertiary/aromatic N) is 3. The molecule has 3 aromatic rings. The molecule has 0 amide bonds. The van der Waals surface area contributed by atoms with Crippen LogP contribution >= 0.6 is 23.2 Å². The van der Waals surface area contributed by atoms with E-state index >= 15 is 0 Å². The lowest BCUT2D eigenvalue weighted by molar-refractivity contribution is 0.688. The van der Waals surface area contributed by atoms with E-state index in [-0.39, 0.29) is 0 Å². The molecule has 122 valence electrons. The highest BCUT2D eigenvalue weighted by molar-refractivity contribution is 7.87. The predicted octanol–water partition coefficient (Wildman–Crippen LogP) is 4.92. The number of rotatable bonds is 4. The molecular formula is C17H13Cl2N3OS. The molecule has 2 heterocycles. The van der Waals surface area contributed by atoms with Gasteiger partial charge in [0.15, 0.2) is 11.0 Å². The second-order valence-electron chi connectivity index (χ2n) is 5.15. The topological polar surface area (TPSA) is 46.7 Å². The van der Waals surface area contributed by atoms with Crippen LogP contribution in [0.15, 0.2) is 58.7 Å².